The van der Waals surface area contributed by atoms with Crippen molar-refractivity contribution in [2.24, 2.45) is 0 Å². The summed E-state index contributed by atoms with van der Waals surface area (Å²) in [6, 6.07) is 0. The van der Waals surface area contributed by atoms with E-state index in [-0.39, 0.29) is 11.8 Å². The van der Waals surface area contributed by atoms with E-state index in [1.807, 2.05) is 18.7 Å². The highest BCUT2D eigenvalue weighted by atomic mass is 16.2. The van der Waals surface area contributed by atoms with Crippen molar-refractivity contribution in [3.05, 3.63) is 11.6 Å². The van der Waals surface area contributed by atoms with Gasteiger partial charge in [0.05, 0.1) is 0 Å². The van der Waals surface area contributed by atoms with E-state index in [1.165, 1.54) is 31.3 Å². The SMILES string of the molecule is CCC1(CC)NC(=O)CCN(CCC2=CCCCC2)C1=O. The van der Waals surface area contributed by atoms with Gasteiger partial charge in [-0.2, -0.15) is 0 Å². The third-order valence-electron chi connectivity index (χ3n) is 4.98. The van der Waals surface area contributed by atoms with Gasteiger partial charge >= 0.3 is 0 Å². The van der Waals surface area contributed by atoms with Crippen molar-refractivity contribution in [1.82, 2.24) is 10.2 Å². The molecule has 0 saturated carbocycles. The topological polar surface area (TPSA) is 49.4 Å². The summed E-state index contributed by atoms with van der Waals surface area (Å²) in [4.78, 5) is 26.7. The zero-order chi connectivity index (χ0) is 15.3. The predicted molar refractivity (Wildman–Crippen MR) is 83.8 cm³/mol. The molecule has 1 aliphatic carbocycles. The Labute approximate surface area is 128 Å². The van der Waals surface area contributed by atoms with Gasteiger partial charge in [-0.3, -0.25) is 9.59 Å². The van der Waals surface area contributed by atoms with Gasteiger partial charge in [0.15, 0.2) is 0 Å². The Morgan fingerprint density at radius 3 is 2.57 bits per heavy atom. The molecule has 0 bridgehead atoms. The number of hydrogen-bond donors (Lipinski definition) is 1. The predicted octanol–water partition coefficient (Wildman–Crippen LogP) is 2.78. The zero-order valence-corrected chi connectivity index (χ0v) is 13.4. The van der Waals surface area contributed by atoms with E-state index in [9.17, 15) is 9.59 Å². The van der Waals surface area contributed by atoms with Crippen LogP contribution in [0.1, 0.15) is 65.2 Å². The van der Waals surface area contributed by atoms with Crippen molar-refractivity contribution in [2.75, 3.05) is 13.1 Å². The molecule has 0 spiro atoms. The van der Waals surface area contributed by atoms with Crippen LogP contribution in [0.3, 0.4) is 0 Å². The van der Waals surface area contributed by atoms with E-state index in [2.05, 4.69) is 11.4 Å². The molecular weight excluding hydrogens is 264 g/mol. The minimum absolute atomic E-state index is 0.00596. The summed E-state index contributed by atoms with van der Waals surface area (Å²) in [5.41, 5.74) is 0.797. The van der Waals surface area contributed by atoms with Crippen LogP contribution in [0.25, 0.3) is 0 Å². The molecule has 21 heavy (non-hydrogen) atoms. The average Bonchev–Trinajstić information content (AvgIpc) is 2.64. The minimum Gasteiger partial charge on any atom is -0.342 e. The van der Waals surface area contributed by atoms with Gasteiger partial charge in [-0.1, -0.05) is 25.5 Å². The van der Waals surface area contributed by atoms with Gasteiger partial charge in [-0.25, -0.2) is 0 Å². The average molecular weight is 292 g/mol. The lowest BCUT2D eigenvalue weighted by Crippen LogP contribution is -2.56. The summed E-state index contributed by atoms with van der Waals surface area (Å²) in [6.07, 6.45) is 9.95. The van der Waals surface area contributed by atoms with Crippen LogP contribution in [0.4, 0.5) is 0 Å². The highest BCUT2D eigenvalue weighted by molar-refractivity contribution is 5.93. The van der Waals surface area contributed by atoms with E-state index in [0.29, 0.717) is 25.8 Å². The maximum atomic E-state index is 12.8. The van der Waals surface area contributed by atoms with Crippen LogP contribution in [-0.4, -0.2) is 35.3 Å². The van der Waals surface area contributed by atoms with E-state index in [1.54, 1.807) is 0 Å². The second-order valence-corrected chi connectivity index (χ2v) is 6.24. The molecule has 118 valence electrons. The smallest absolute Gasteiger partial charge is 0.248 e. The Kier molecular flexibility index (Phi) is 5.43. The third kappa shape index (κ3) is 3.66. The molecule has 0 atom stereocenters. The fraction of sp³-hybridized carbons (Fsp3) is 0.765. The van der Waals surface area contributed by atoms with Crippen molar-refractivity contribution in [2.45, 2.75) is 70.8 Å². The van der Waals surface area contributed by atoms with Crippen LogP contribution < -0.4 is 5.32 Å². The summed E-state index contributed by atoms with van der Waals surface area (Å²) < 4.78 is 0. The third-order valence-corrected chi connectivity index (χ3v) is 4.98. The van der Waals surface area contributed by atoms with Crippen molar-refractivity contribution in [1.29, 1.82) is 0 Å². The number of nitrogens with one attached hydrogen (secondary N) is 1. The van der Waals surface area contributed by atoms with Crippen LogP contribution in [-0.2, 0) is 9.59 Å². The first kappa shape index (κ1) is 16.1. The number of allylic oxidation sites excluding steroid dienone is 1. The quantitative estimate of drug-likeness (QED) is 0.792. The van der Waals surface area contributed by atoms with Crippen molar-refractivity contribution in [3.8, 4) is 0 Å². The van der Waals surface area contributed by atoms with Gasteiger partial charge in [0, 0.05) is 19.5 Å². The van der Waals surface area contributed by atoms with Crippen molar-refractivity contribution < 1.29 is 9.59 Å². The molecule has 0 aromatic rings. The van der Waals surface area contributed by atoms with Crippen LogP contribution in [0.2, 0.25) is 0 Å². The van der Waals surface area contributed by atoms with Crippen molar-refractivity contribution in [3.63, 3.8) is 0 Å². The van der Waals surface area contributed by atoms with Crippen LogP contribution in [0.5, 0.6) is 0 Å². The van der Waals surface area contributed by atoms with Gasteiger partial charge in [-0.05, 0) is 44.9 Å². The Morgan fingerprint density at radius 1 is 1.19 bits per heavy atom. The molecule has 4 nitrogen and oxygen atoms in total. The fourth-order valence-electron chi connectivity index (χ4n) is 3.38. The lowest BCUT2D eigenvalue weighted by atomic mass is 9.91. The van der Waals surface area contributed by atoms with Gasteiger partial charge in [-0.15, -0.1) is 0 Å². The lowest BCUT2D eigenvalue weighted by Gasteiger charge is -2.34. The molecule has 0 radical (unpaired) electrons. The maximum Gasteiger partial charge on any atom is 0.248 e. The first-order valence-corrected chi connectivity index (χ1v) is 8.39. The number of carbonyl (C=O) groups is 2. The van der Waals surface area contributed by atoms with E-state index in [0.717, 1.165) is 13.0 Å². The Morgan fingerprint density at radius 2 is 1.95 bits per heavy atom. The monoisotopic (exact) mass is 292 g/mol. The Hall–Kier alpha value is -1.32. The number of hydrogen-bond acceptors (Lipinski definition) is 2. The first-order chi connectivity index (χ1) is 10.1. The highest BCUT2D eigenvalue weighted by Crippen LogP contribution is 2.24. The number of amides is 2. The summed E-state index contributed by atoms with van der Waals surface area (Å²) in [5.74, 6) is 0.112. The van der Waals surface area contributed by atoms with E-state index >= 15 is 0 Å². The Balaban J connectivity index is 2.05. The largest absolute Gasteiger partial charge is 0.342 e. The minimum atomic E-state index is -0.686. The molecule has 1 saturated heterocycles. The maximum absolute atomic E-state index is 12.8. The number of carbonyl (C=O) groups excluding carboxylic acids is 2. The summed E-state index contributed by atoms with van der Waals surface area (Å²) in [6.45, 7) is 5.27. The van der Waals surface area contributed by atoms with Crippen molar-refractivity contribution >= 4 is 11.8 Å². The van der Waals surface area contributed by atoms with E-state index < -0.39 is 5.54 Å². The first-order valence-electron chi connectivity index (χ1n) is 8.39. The molecule has 1 heterocycles. The molecule has 1 N–H and O–H groups in total. The fourth-order valence-corrected chi connectivity index (χ4v) is 3.38. The molecule has 4 heteroatoms. The van der Waals surface area contributed by atoms with Crippen LogP contribution in [0.15, 0.2) is 11.6 Å². The second kappa shape index (κ2) is 7.10. The zero-order valence-electron chi connectivity index (χ0n) is 13.4. The number of nitrogens with zero attached hydrogens (tertiary/aromatic N) is 1. The summed E-state index contributed by atoms with van der Waals surface area (Å²) in [5, 5.41) is 2.96. The normalized spacial score (nSPS) is 22.6. The molecule has 2 rings (SSSR count). The van der Waals surface area contributed by atoms with Crippen LogP contribution >= 0.6 is 0 Å². The molecule has 0 aromatic carbocycles. The standard InChI is InChI=1S/C17H28N2O2/c1-3-17(4-2)16(21)19(13-11-15(20)18-17)12-10-14-8-6-5-7-9-14/h8H,3-7,9-13H2,1-2H3,(H,18,20). The molecule has 2 amide bonds. The van der Waals surface area contributed by atoms with Gasteiger partial charge < -0.3 is 10.2 Å². The molecule has 0 unspecified atom stereocenters. The van der Waals surface area contributed by atoms with Gasteiger partial charge in [0.25, 0.3) is 0 Å². The van der Waals surface area contributed by atoms with Gasteiger partial charge in [0.1, 0.15) is 5.54 Å². The number of rotatable bonds is 5. The molecule has 1 fully saturated rings. The lowest BCUT2D eigenvalue weighted by molar-refractivity contribution is -0.139. The second-order valence-electron chi connectivity index (χ2n) is 6.24. The summed E-state index contributed by atoms with van der Waals surface area (Å²) in [7, 11) is 0. The molecular formula is C17H28N2O2. The van der Waals surface area contributed by atoms with Gasteiger partial charge in [0.2, 0.25) is 11.8 Å². The molecule has 0 aromatic heterocycles. The molecule has 1 aliphatic heterocycles. The summed E-state index contributed by atoms with van der Waals surface area (Å²) >= 11 is 0. The Bertz CT molecular complexity index is 425. The van der Waals surface area contributed by atoms with Crippen LogP contribution in [0, 0.1) is 0 Å². The van der Waals surface area contributed by atoms with E-state index in [4.69, 9.17) is 0 Å². The molecule has 2 aliphatic rings. The highest BCUT2D eigenvalue weighted by Gasteiger charge is 2.41.